The summed E-state index contributed by atoms with van der Waals surface area (Å²) in [6.45, 7) is 0.685. The zero-order valence-corrected chi connectivity index (χ0v) is 15.1. The zero-order valence-electron chi connectivity index (χ0n) is 15.1. The number of aromatic nitrogens is 1. The van der Waals surface area contributed by atoms with Crippen LogP contribution in [0.25, 0.3) is 0 Å². The smallest absolute Gasteiger partial charge is 0.270 e. The molecule has 3 aliphatic carbocycles. The molecule has 6 nitrogen and oxygen atoms in total. The highest BCUT2D eigenvalue weighted by Crippen LogP contribution is 2.44. The van der Waals surface area contributed by atoms with Crippen molar-refractivity contribution in [1.82, 2.24) is 10.3 Å². The molecular weight excluding hydrogens is 330 g/mol. The average Bonchev–Trinajstić information content (AvgIpc) is 3.54. The van der Waals surface area contributed by atoms with Crippen LogP contribution in [-0.4, -0.2) is 29.4 Å². The van der Waals surface area contributed by atoms with Crippen molar-refractivity contribution in [3.8, 4) is 5.88 Å². The highest BCUT2D eigenvalue weighted by atomic mass is 16.5. The molecule has 0 bridgehead atoms. The lowest BCUT2D eigenvalue weighted by Crippen LogP contribution is -2.47. The normalized spacial score (nSPS) is 25.5. The quantitative estimate of drug-likeness (QED) is 0.784. The van der Waals surface area contributed by atoms with Gasteiger partial charge in [0.05, 0.1) is 12.5 Å². The van der Waals surface area contributed by atoms with Gasteiger partial charge in [0.2, 0.25) is 11.8 Å². The Balaban J connectivity index is 1.47. The number of amides is 2. The number of ether oxygens (including phenoxy) is 1. The predicted molar refractivity (Wildman–Crippen MR) is 96.8 cm³/mol. The van der Waals surface area contributed by atoms with E-state index in [9.17, 15) is 9.59 Å². The molecule has 0 saturated heterocycles. The second-order valence-electron chi connectivity index (χ2n) is 7.99. The Bertz CT molecular complexity index is 698. The number of carbonyl (C=O) groups is 2. The molecule has 1 aromatic heterocycles. The van der Waals surface area contributed by atoms with Gasteiger partial charge in [0.1, 0.15) is 5.69 Å². The van der Waals surface area contributed by atoms with Gasteiger partial charge in [-0.05, 0) is 56.4 Å². The SMILES string of the molecule is NC(=O)[C@@H]1CCCCC1NC(=O)c1ccc(C2CC2)c(OCC2CC2)n1. The first-order valence-corrected chi connectivity index (χ1v) is 9.85. The van der Waals surface area contributed by atoms with Gasteiger partial charge in [0.25, 0.3) is 5.91 Å². The number of primary amides is 1. The van der Waals surface area contributed by atoms with Gasteiger partial charge in [-0.25, -0.2) is 4.98 Å². The lowest BCUT2D eigenvalue weighted by molar-refractivity contribution is -0.123. The maximum Gasteiger partial charge on any atom is 0.270 e. The first kappa shape index (κ1) is 17.3. The maximum absolute atomic E-state index is 12.7. The second kappa shape index (κ2) is 7.25. The number of rotatable bonds is 7. The van der Waals surface area contributed by atoms with E-state index < -0.39 is 0 Å². The summed E-state index contributed by atoms with van der Waals surface area (Å²) in [4.78, 5) is 28.9. The largest absolute Gasteiger partial charge is 0.477 e. The van der Waals surface area contributed by atoms with E-state index in [1.54, 1.807) is 6.07 Å². The Morgan fingerprint density at radius 3 is 2.58 bits per heavy atom. The number of carbonyl (C=O) groups excluding carboxylic acids is 2. The lowest BCUT2D eigenvalue weighted by atomic mass is 9.84. The molecule has 1 unspecified atom stereocenters. The standard InChI is InChI=1S/C20H27N3O3/c21-18(24)15-3-1-2-4-16(15)22-19(25)17-10-9-14(13-7-8-13)20(23-17)26-11-12-5-6-12/h9-10,12-13,15-16H,1-8,11H2,(H2,21,24)(H,22,25)/t15-,16?/m1/s1. The summed E-state index contributed by atoms with van der Waals surface area (Å²) in [6.07, 6.45) is 8.26. The van der Waals surface area contributed by atoms with Crippen molar-refractivity contribution in [2.45, 2.75) is 63.3 Å². The molecule has 1 aromatic rings. The van der Waals surface area contributed by atoms with Crippen LogP contribution in [0.5, 0.6) is 5.88 Å². The molecule has 4 rings (SSSR count). The van der Waals surface area contributed by atoms with Crippen molar-refractivity contribution < 1.29 is 14.3 Å². The number of nitrogens with two attached hydrogens (primary N) is 1. The number of pyridine rings is 1. The topological polar surface area (TPSA) is 94.3 Å². The molecule has 140 valence electrons. The molecule has 3 N–H and O–H groups in total. The van der Waals surface area contributed by atoms with Gasteiger partial charge < -0.3 is 15.8 Å². The van der Waals surface area contributed by atoms with Crippen LogP contribution in [0.4, 0.5) is 0 Å². The Hall–Kier alpha value is -2.11. The van der Waals surface area contributed by atoms with Crippen molar-refractivity contribution in [2.24, 2.45) is 17.6 Å². The van der Waals surface area contributed by atoms with Crippen molar-refractivity contribution in [1.29, 1.82) is 0 Å². The second-order valence-corrected chi connectivity index (χ2v) is 7.99. The van der Waals surface area contributed by atoms with Crippen molar-refractivity contribution in [3.05, 3.63) is 23.4 Å². The molecule has 2 atom stereocenters. The van der Waals surface area contributed by atoms with Crippen LogP contribution in [0.2, 0.25) is 0 Å². The van der Waals surface area contributed by atoms with Gasteiger partial charge in [-0.3, -0.25) is 9.59 Å². The van der Waals surface area contributed by atoms with E-state index in [1.165, 1.54) is 12.8 Å². The third-order valence-electron chi connectivity index (χ3n) is 5.74. The average molecular weight is 357 g/mol. The summed E-state index contributed by atoms with van der Waals surface area (Å²) < 4.78 is 5.94. The fourth-order valence-corrected chi connectivity index (χ4v) is 3.77. The Morgan fingerprint density at radius 2 is 1.88 bits per heavy atom. The van der Waals surface area contributed by atoms with Crippen molar-refractivity contribution in [2.75, 3.05) is 6.61 Å². The van der Waals surface area contributed by atoms with Gasteiger partial charge in [-0.15, -0.1) is 0 Å². The fraction of sp³-hybridized carbons (Fsp3) is 0.650. The molecule has 1 heterocycles. The Labute approximate surface area is 153 Å². The van der Waals surface area contributed by atoms with Crippen LogP contribution in [-0.2, 0) is 4.79 Å². The monoisotopic (exact) mass is 357 g/mol. The van der Waals surface area contributed by atoms with Crippen LogP contribution >= 0.6 is 0 Å². The summed E-state index contributed by atoms with van der Waals surface area (Å²) >= 11 is 0. The number of nitrogens with one attached hydrogen (secondary N) is 1. The van der Waals surface area contributed by atoms with Crippen molar-refractivity contribution >= 4 is 11.8 Å². The summed E-state index contributed by atoms with van der Waals surface area (Å²) in [5.41, 5.74) is 6.98. The van der Waals surface area contributed by atoms with E-state index in [-0.39, 0.29) is 23.8 Å². The van der Waals surface area contributed by atoms with Gasteiger partial charge in [0.15, 0.2) is 0 Å². The van der Waals surface area contributed by atoms with E-state index in [0.717, 1.165) is 44.1 Å². The highest BCUT2D eigenvalue weighted by Gasteiger charge is 2.32. The lowest BCUT2D eigenvalue weighted by Gasteiger charge is -2.29. The summed E-state index contributed by atoms with van der Waals surface area (Å²) in [6, 6.07) is 3.55. The summed E-state index contributed by atoms with van der Waals surface area (Å²) in [5.74, 6) is 0.903. The molecule has 0 aromatic carbocycles. The van der Waals surface area contributed by atoms with Gasteiger partial charge >= 0.3 is 0 Å². The fourth-order valence-electron chi connectivity index (χ4n) is 3.77. The minimum absolute atomic E-state index is 0.200. The molecule has 26 heavy (non-hydrogen) atoms. The Morgan fingerprint density at radius 1 is 1.12 bits per heavy atom. The number of hydrogen-bond acceptors (Lipinski definition) is 4. The number of nitrogens with zero attached hydrogens (tertiary/aromatic N) is 1. The molecule has 0 spiro atoms. The van der Waals surface area contributed by atoms with Gasteiger partial charge in [-0.1, -0.05) is 18.9 Å². The third-order valence-corrected chi connectivity index (χ3v) is 5.74. The molecule has 3 saturated carbocycles. The molecule has 2 amide bonds. The first-order valence-electron chi connectivity index (χ1n) is 9.85. The Kier molecular flexibility index (Phi) is 4.83. The number of hydrogen-bond donors (Lipinski definition) is 2. The van der Waals surface area contributed by atoms with Gasteiger partial charge in [0, 0.05) is 11.6 Å². The van der Waals surface area contributed by atoms with E-state index in [0.29, 0.717) is 30.0 Å². The maximum atomic E-state index is 12.7. The minimum atomic E-state index is -0.333. The van der Waals surface area contributed by atoms with E-state index >= 15 is 0 Å². The molecule has 3 aliphatic rings. The van der Waals surface area contributed by atoms with Crippen LogP contribution in [0.15, 0.2) is 12.1 Å². The van der Waals surface area contributed by atoms with Gasteiger partial charge in [-0.2, -0.15) is 0 Å². The van der Waals surface area contributed by atoms with Crippen LogP contribution in [0, 0.1) is 11.8 Å². The van der Waals surface area contributed by atoms with E-state index in [1.807, 2.05) is 6.07 Å². The summed E-state index contributed by atoms with van der Waals surface area (Å²) in [5, 5.41) is 2.98. The minimum Gasteiger partial charge on any atom is -0.477 e. The van der Waals surface area contributed by atoms with Crippen LogP contribution in [0.3, 0.4) is 0 Å². The third kappa shape index (κ3) is 4.00. The summed E-state index contributed by atoms with van der Waals surface area (Å²) in [7, 11) is 0. The van der Waals surface area contributed by atoms with E-state index in [4.69, 9.17) is 10.5 Å². The molecular formula is C20H27N3O3. The van der Waals surface area contributed by atoms with Crippen molar-refractivity contribution in [3.63, 3.8) is 0 Å². The van der Waals surface area contributed by atoms with E-state index in [2.05, 4.69) is 10.3 Å². The molecule has 6 heteroatoms. The predicted octanol–water partition coefficient (Wildman–Crippen LogP) is 2.52. The molecule has 3 fully saturated rings. The highest BCUT2D eigenvalue weighted by molar-refractivity contribution is 5.93. The van der Waals surface area contributed by atoms with Crippen LogP contribution in [0.1, 0.15) is 73.3 Å². The van der Waals surface area contributed by atoms with Crippen LogP contribution < -0.4 is 15.8 Å². The zero-order chi connectivity index (χ0) is 18.1. The molecule has 0 aliphatic heterocycles. The molecule has 0 radical (unpaired) electrons. The first-order chi connectivity index (χ1) is 12.6.